The van der Waals surface area contributed by atoms with Crippen molar-refractivity contribution in [2.45, 2.75) is 27.3 Å². The second kappa shape index (κ2) is 6.66. The van der Waals surface area contributed by atoms with Crippen molar-refractivity contribution in [1.82, 2.24) is 9.55 Å². The molecular formula is C10H21N3. The fraction of sp³-hybridized carbons (Fsp3) is 0.700. The molecule has 0 amide bonds. The Labute approximate surface area is 81.0 Å². The Hall–Kier alpha value is -0.830. The van der Waals surface area contributed by atoms with Crippen LogP contribution in [0.5, 0.6) is 0 Å². The smallest absolute Gasteiger partial charge is 0.0945 e. The molecule has 0 spiro atoms. The Kier molecular flexibility index (Phi) is 6.24. The monoisotopic (exact) mass is 183 g/mol. The lowest BCUT2D eigenvalue weighted by Gasteiger charge is -2.15. The molecule has 2 N–H and O–H groups in total. The summed E-state index contributed by atoms with van der Waals surface area (Å²) in [6, 6.07) is 0. The predicted molar refractivity (Wildman–Crippen MR) is 56.3 cm³/mol. The average molecular weight is 183 g/mol. The molecule has 0 saturated carbocycles. The Morgan fingerprint density at radius 2 is 1.92 bits per heavy atom. The van der Waals surface area contributed by atoms with Crippen molar-refractivity contribution in [3.8, 4) is 0 Å². The SMILES string of the molecule is CC(C)C(C)Cn1ccnc1.CN. The molecule has 0 radical (unpaired) electrons. The fourth-order valence-corrected chi connectivity index (χ4v) is 0.938. The molecular weight excluding hydrogens is 162 g/mol. The summed E-state index contributed by atoms with van der Waals surface area (Å²) >= 11 is 0. The van der Waals surface area contributed by atoms with Crippen LogP contribution in [0.15, 0.2) is 18.7 Å². The van der Waals surface area contributed by atoms with Crippen LogP contribution in [0.3, 0.4) is 0 Å². The number of hydrogen-bond acceptors (Lipinski definition) is 2. The van der Waals surface area contributed by atoms with Gasteiger partial charge >= 0.3 is 0 Å². The van der Waals surface area contributed by atoms with Crippen molar-refractivity contribution in [3.05, 3.63) is 18.7 Å². The summed E-state index contributed by atoms with van der Waals surface area (Å²) in [6.07, 6.45) is 5.71. The zero-order valence-corrected chi connectivity index (χ0v) is 9.07. The number of nitrogens with two attached hydrogens (primary N) is 1. The predicted octanol–water partition coefficient (Wildman–Crippen LogP) is 1.75. The topological polar surface area (TPSA) is 43.8 Å². The van der Waals surface area contributed by atoms with Crippen LogP contribution < -0.4 is 5.73 Å². The van der Waals surface area contributed by atoms with Crippen LogP contribution in [0.4, 0.5) is 0 Å². The van der Waals surface area contributed by atoms with E-state index in [2.05, 4.69) is 36.1 Å². The van der Waals surface area contributed by atoms with Crippen LogP contribution in [-0.4, -0.2) is 16.6 Å². The largest absolute Gasteiger partial charge is 0.337 e. The number of nitrogens with zero attached hydrogens (tertiary/aromatic N) is 2. The summed E-state index contributed by atoms with van der Waals surface area (Å²) in [6.45, 7) is 7.85. The summed E-state index contributed by atoms with van der Waals surface area (Å²) in [7, 11) is 1.50. The van der Waals surface area contributed by atoms with Gasteiger partial charge in [0, 0.05) is 18.9 Å². The van der Waals surface area contributed by atoms with Crippen LogP contribution in [0.25, 0.3) is 0 Å². The van der Waals surface area contributed by atoms with E-state index >= 15 is 0 Å². The van der Waals surface area contributed by atoms with Crippen molar-refractivity contribution < 1.29 is 0 Å². The molecule has 0 aliphatic heterocycles. The maximum atomic E-state index is 4.50. The zero-order valence-electron chi connectivity index (χ0n) is 9.07. The van der Waals surface area contributed by atoms with Gasteiger partial charge in [-0.3, -0.25) is 0 Å². The molecule has 0 saturated heterocycles. The van der Waals surface area contributed by atoms with Gasteiger partial charge in [0.2, 0.25) is 0 Å². The lowest BCUT2D eigenvalue weighted by Crippen LogP contribution is -2.11. The molecule has 1 atom stereocenters. The standard InChI is InChI=1S/C9H16N2.CH5N/c1-8(2)9(3)6-11-5-4-10-7-11;1-2/h4-5,7-9H,6H2,1-3H3;2H2,1H3. The van der Waals surface area contributed by atoms with Crippen LogP contribution >= 0.6 is 0 Å². The second-order valence-corrected chi connectivity index (χ2v) is 3.48. The normalized spacial score (nSPS) is 12.2. The first-order valence-electron chi connectivity index (χ1n) is 4.73. The minimum atomic E-state index is 0.726. The van der Waals surface area contributed by atoms with E-state index in [0.717, 1.165) is 18.4 Å². The molecule has 0 fully saturated rings. The first-order valence-corrected chi connectivity index (χ1v) is 4.73. The number of imidazole rings is 1. The van der Waals surface area contributed by atoms with Crippen LogP contribution in [0.2, 0.25) is 0 Å². The van der Waals surface area contributed by atoms with E-state index in [-0.39, 0.29) is 0 Å². The van der Waals surface area contributed by atoms with Gasteiger partial charge in [-0.1, -0.05) is 20.8 Å². The maximum absolute atomic E-state index is 4.50. The van der Waals surface area contributed by atoms with Gasteiger partial charge in [0.25, 0.3) is 0 Å². The van der Waals surface area contributed by atoms with Gasteiger partial charge in [-0.05, 0) is 18.9 Å². The van der Waals surface area contributed by atoms with Gasteiger partial charge in [-0.2, -0.15) is 0 Å². The molecule has 0 bridgehead atoms. The quantitative estimate of drug-likeness (QED) is 0.776. The van der Waals surface area contributed by atoms with E-state index in [1.54, 1.807) is 0 Å². The fourth-order valence-electron chi connectivity index (χ4n) is 0.938. The summed E-state index contributed by atoms with van der Waals surface area (Å²) < 4.78 is 2.13. The first kappa shape index (κ1) is 12.2. The molecule has 1 unspecified atom stereocenters. The highest BCUT2D eigenvalue weighted by molar-refractivity contribution is 4.75. The van der Waals surface area contributed by atoms with E-state index in [1.165, 1.54) is 7.05 Å². The van der Waals surface area contributed by atoms with E-state index in [9.17, 15) is 0 Å². The van der Waals surface area contributed by atoms with E-state index in [4.69, 9.17) is 0 Å². The highest BCUT2D eigenvalue weighted by Gasteiger charge is 2.06. The first-order chi connectivity index (χ1) is 6.20. The number of hydrogen-bond donors (Lipinski definition) is 1. The lowest BCUT2D eigenvalue weighted by atomic mass is 9.98. The van der Waals surface area contributed by atoms with Crippen LogP contribution in [-0.2, 0) is 6.54 Å². The van der Waals surface area contributed by atoms with Crippen molar-refractivity contribution >= 4 is 0 Å². The molecule has 0 aliphatic carbocycles. The average Bonchev–Trinajstić information content (AvgIpc) is 2.60. The minimum absolute atomic E-state index is 0.726. The lowest BCUT2D eigenvalue weighted by molar-refractivity contribution is 0.365. The van der Waals surface area contributed by atoms with E-state index < -0.39 is 0 Å². The molecule has 0 aliphatic rings. The van der Waals surface area contributed by atoms with Crippen molar-refractivity contribution in [2.24, 2.45) is 17.6 Å². The Morgan fingerprint density at radius 1 is 1.31 bits per heavy atom. The molecule has 1 aromatic rings. The van der Waals surface area contributed by atoms with Crippen LogP contribution in [0.1, 0.15) is 20.8 Å². The molecule has 13 heavy (non-hydrogen) atoms. The zero-order chi connectivity index (χ0) is 10.3. The Balaban J connectivity index is 0.000000671. The molecule has 1 rings (SSSR count). The van der Waals surface area contributed by atoms with Gasteiger partial charge in [0.05, 0.1) is 6.33 Å². The second-order valence-electron chi connectivity index (χ2n) is 3.48. The summed E-state index contributed by atoms with van der Waals surface area (Å²) in [4.78, 5) is 4.00. The van der Waals surface area contributed by atoms with Crippen molar-refractivity contribution in [1.29, 1.82) is 0 Å². The van der Waals surface area contributed by atoms with Gasteiger partial charge in [-0.25, -0.2) is 4.98 Å². The third kappa shape index (κ3) is 4.68. The Bertz CT molecular complexity index is 192. The van der Waals surface area contributed by atoms with Crippen molar-refractivity contribution in [3.63, 3.8) is 0 Å². The highest BCUT2D eigenvalue weighted by atomic mass is 15.0. The third-order valence-corrected chi connectivity index (χ3v) is 2.20. The summed E-state index contributed by atoms with van der Waals surface area (Å²) in [5.74, 6) is 1.47. The molecule has 3 nitrogen and oxygen atoms in total. The molecule has 1 heterocycles. The van der Waals surface area contributed by atoms with Gasteiger partial charge in [-0.15, -0.1) is 0 Å². The molecule has 3 heteroatoms. The number of aromatic nitrogens is 2. The third-order valence-electron chi connectivity index (χ3n) is 2.20. The minimum Gasteiger partial charge on any atom is -0.337 e. The summed E-state index contributed by atoms with van der Waals surface area (Å²) in [5, 5.41) is 0. The van der Waals surface area contributed by atoms with E-state index in [0.29, 0.717) is 0 Å². The van der Waals surface area contributed by atoms with E-state index in [1.807, 2.05) is 18.7 Å². The van der Waals surface area contributed by atoms with Crippen LogP contribution in [0, 0.1) is 11.8 Å². The highest BCUT2D eigenvalue weighted by Crippen LogP contribution is 2.11. The molecule has 1 aromatic heterocycles. The van der Waals surface area contributed by atoms with Gasteiger partial charge < -0.3 is 10.3 Å². The molecule has 0 aromatic carbocycles. The Morgan fingerprint density at radius 3 is 2.31 bits per heavy atom. The number of rotatable bonds is 3. The van der Waals surface area contributed by atoms with Gasteiger partial charge in [0.15, 0.2) is 0 Å². The summed E-state index contributed by atoms with van der Waals surface area (Å²) in [5.41, 5.74) is 4.50. The molecule has 76 valence electrons. The van der Waals surface area contributed by atoms with Crippen molar-refractivity contribution in [2.75, 3.05) is 7.05 Å². The maximum Gasteiger partial charge on any atom is 0.0945 e. The van der Waals surface area contributed by atoms with Gasteiger partial charge in [0.1, 0.15) is 0 Å².